The second-order valence-electron chi connectivity index (χ2n) is 8.92. The molecule has 37 heavy (non-hydrogen) atoms. The third-order valence-corrected chi connectivity index (χ3v) is 7.51. The normalized spacial score (nSPS) is 12.3. The number of hydrogen-bond acceptors (Lipinski definition) is 5. The first-order valence-electron chi connectivity index (χ1n) is 11.0. The summed E-state index contributed by atoms with van der Waals surface area (Å²) in [5.74, 6) is -1.73. The number of carbonyl (C=O) groups is 1. The summed E-state index contributed by atoms with van der Waals surface area (Å²) < 4.78 is 65.6. The maximum absolute atomic E-state index is 13.7. The van der Waals surface area contributed by atoms with E-state index in [-0.39, 0.29) is 26.9 Å². The molecular weight excluding hydrogens is 527 g/mol. The number of carboxylic acid groups (broad SMARTS) is 1. The summed E-state index contributed by atoms with van der Waals surface area (Å²) in [5.41, 5.74) is 0.726. The zero-order valence-corrected chi connectivity index (χ0v) is 21.4. The van der Waals surface area contributed by atoms with Crippen LogP contribution >= 0.6 is 11.6 Å². The number of rotatable bonds is 5. The molecule has 3 aromatic carbocycles. The summed E-state index contributed by atoms with van der Waals surface area (Å²) in [6.07, 6.45) is -2.24. The topological polar surface area (TPSA) is 87.2 Å². The molecule has 0 saturated heterocycles. The van der Waals surface area contributed by atoms with Gasteiger partial charge in [0.05, 0.1) is 27.0 Å². The molecule has 1 aromatic heterocycles. The largest absolute Gasteiger partial charge is 0.545 e. The zero-order valence-electron chi connectivity index (χ0n) is 19.9. The summed E-state index contributed by atoms with van der Waals surface area (Å²) in [5, 5.41) is 11.7. The lowest BCUT2D eigenvalue weighted by Crippen LogP contribution is -2.23. The van der Waals surface area contributed by atoms with Crippen LogP contribution in [0.25, 0.3) is 33.2 Å². The highest BCUT2D eigenvalue weighted by atomic mass is 35.5. The number of aromatic nitrogens is 1. The summed E-state index contributed by atoms with van der Waals surface area (Å²) in [6, 6.07) is 12.6. The van der Waals surface area contributed by atoms with Gasteiger partial charge in [0, 0.05) is 29.0 Å². The van der Waals surface area contributed by atoms with Gasteiger partial charge in [0.15, 0.2) is 9.84 Å². The van der Waals surface area contributed by atoms with Gasteiger partial charge in [0.2, 0.25) is 0 Å². The van der Waals surface area contributed by atoms with Crippen LogP contribution in [0.2, 0.25) is 5.02 Å². The van der Waals surface area contributed by atoms with Crippen LogP contribution in [0, 0.1) is 0 Å². The Morgan fingerprint density at radius 3 is 2.27 bits per heavy atom. The molecule has 0 atom stereocenters. The summed E-state index contributed by atoms with van der Waals surface area (Å²) in [6.45, 7) is 3.78. The van der Waals surface area contributed by atoms with Gasteiger partial charge in [0.25, 0.3) is 0 Å². The molecule has 0 radical (unpaired) electrons. The molecule has 0 spiro atoms. The predicted octanol–water partition coefficient (Wildman–Crippen LogP) is 6.13. The fraction of sp³-hybridized carbons (Fsp3) is 0.185. The average Bonchev–Trinajstić information content (AvgIpc) is 2.81. The first kappa shape index (κ1) is 26.6. The van der Waals surface area contributed by atoms with Crippen LogP contribution in [-0.4, -0.2) is 25.6 Å². The van der Waals surface area contributed by atoms with Crippen molar-refractivity contribution in [2.24, 2.45) is 0 Å². The number of pyridine rings is 1. The Labute approximate surface area is 216 Å². The van der Waals surface area contributed by atoms with E-state index in [2.05, 4.69) is 4.98 Å². The number of nitrogens with zero attached hydrogens (tertiary/aromatic N) is 1. The lowest BCUT2D eigenvalue weighted by Gasteiger charge is -2.19. The van der Waals surface area contributed by atoms with Crippen molar-refractivity contribution in [1.82, 2.24) is 4.98 Å². The van der Waals surface area contributed by atoms with E-state index in [9.17, 15) is 31.5 Å². The SMILES string of the molecule is CC(C)c1cnc2c(C(F)(F)F)cccc2c1-c1cccc(-c2cc(S(C)(=O)=O)cc(C(=O)[O-])c2Cl)c1. The Morgan fingerprint density at radius 1 is 1.03 bits per heavy atom. The van der Waals surface area contributed by atoms with Crippen LogP contribution in [0.15, 0.2) is 65.7 Å². The Balaban J connectivity index is 2.04. The van der Waals surface area contributed by atoms with Gasteiger partial charge in [-0.15, -0.1) is 0 Å². The monoisotopic (exact) mass is 546 g/mol. The summed E-state index contributed by atoms with van der Waals surface area (Å²) in [7, 11) is -3.80. The number of aromatic carboxylic acids is 1. The molecule has 0 fully saturated rings. The van der Waals surface area contributed by atoms with Crippen molar-refractivity contribution in [3.63, 3.8) is 0 Å². The second-order valence-corrected chi connectivity index (χ2v) is 11.3. The highest BCUT2D eigenvalue weighted by Gasteiger charge is 2.34. The maximum Gasteiger partial charge on any atom is 0.418 e. The van der Waals surface area contributed by atoms with E-state index in [0.717, 1.165) is 18.4 Å². The van der Waals surface area contributed by atoms with Crippen LogP contribution in [0.5, 0.6) is 0 Å². The Morgan fingerprint density at radius 2 is 1.68 bits per heavy atom. The molecule has 192 valence electrons. The van der Waals surface area contributed by atoms with E-state index in [0.29, 0.717) is 27.6 Å². The maximum atomic E-state index is 13.7. The van der Waals surface area contributed by atoms with Crippen molar-refractivity contribution in [1.29, 1.82) is 0 Å². The number of halogens is 4. The molecule has 0 aliphatic carbocycles. The Bertz CT molecular complexity index is 1660. The molecule has 4 rings (SSSR count). The molecule has 0 aliphatic heterocycles. The van der Waals surface area contributed by atoms with Crippen molar-refractivity contribution in [2.45, 2.75) is 30.8 Å². The third-order valence-electron chi connectivity index (χ3n) is 6.01. The van der Waals surface area contributed by atoms with E-state index in [4.69, 9.17) is 11.6 Å². The molecule has 0 N–H and O–H groups in total. The smallest absolute Gasteiger partial charge is 0.418 e. The number of carbonyl (C=O) groups excluding carboxylic acids is 1. The van der Waals surface area contributed by atoms with E-state index in [1.165, 1.54) is 18.3 Å². The molecule has 1 heterocycles. The number of fused-ring (bicyclic) bond motifs is 1. The van der Waals surface area contributed by atoms with Gasteiger partial charge in [-0.3, -0.25) is 4.98 Å². The first-order valence-corrected chi connectivity index (χ1v) is 13.3. The minimum atomic E-state index is -4.61. The van der Waals surface area contributed by atoms with Gasteiger partial charge < -0.3 is 9.90 Å². The van der Waals surface area contributed by atoms with Crippen molar-refractivity contribution in [3.8, 4) is 22.3 Å². The van der Waals surface area contributed by atoms with Crippen LogP contribution in [0.4, 0.5) is 13.2 Å². The van der Waals surface area contributed by atoms with Gasteiger partial charge in [-0.25, -0.2) is 8.42 Å². The highest BCUT2D eigenvalue weighted by molar-refractivity contribution is 7.90. The second kappa shape index (κ2) is 9.46. The standard InChI is InChI=1S/C27H21ClF3NO4S/c1-14(2)21-13-32-25-18(8-5-9-22(25)27(29,30)31)23(21)16-7-4-6-15(10-16)19-11-17(37(3,35)36)12-20(24(19)28)26(33)34/h4-14H,1-3H3,(H,33,34)/p-1. The van der Waals surface area contributed by atoms with Crippen LogP contribution < -0.4 is 5.11 Å². The molecular formula is C27H20ClF3NO4S-. The summed E-state index contributed by atoms with van der Waals surface area (Å²) >= 11 is 6.36. The molecule has 0 amide bonds. The number of carboxylic acids is 1. The molecule has 10 heteroatoms. The van der Waals surface area contributed by atoms with Gasteiger partial charge in [-0.05, 0) is 52.4 Å². The molecule has 0 bridgehead atoms. The van der Waals surface area contributed by atoms with Gasteiger partial charge in [0.1, 0.15) is 0 Å². The summed E-state index contributed by atoms with van der Waals surface area (Å²) in [4.78, 5) is 15.5. The van der Waals surface area contributed by atoms with E-state index < -0.39 is 33.1 Å². The lowest BCUT2D eigenvalue weighted by molar-refractivity contribution is -0.255. The minimum Gasteiger partial charge on any atom is -0.545 e. The predicted molar refractivity (Wildman–Crippen MR) is 134 cm³/mol. The molecule has 0 unspecified atom stereocenters. The molecule has 5 nitrogen and oxygen atoms in total. The van der Waals surface area contributed by atoms with Gasteiger partial charge in [-0.2, -0.15) is 13.2 Å². The van der Waals surface area contributed by atoms with Crippen LogP contribution in [0.1, 0.15) is 41.3 Å². The number of hydrogen-bond donors (Lipinski definition) is 0. The zero-order chi connectivity index (χ0) is 27.3. The van der Waals surface area contributed by atoms with Crippen molar-refractivity contribution >= 4 is 38.3 Å². The molecule has 4 aromatic rings. The fourth-order valence-electron chi connectivity index (χ4n) is 4.24. The van der Waals surface area contributed by atoms with E-state index in [1.54, 1.807) is 30.3 Å². The Kier molecular flexibility index (Phi) is 6.81. The fourth-order valence-corrected chi connectivity index (χ4v) is 5.20. The number of para-hydroxylation sites is 1. The van der Waals surface area contributed by atoms with Crippen LogP contribution in [0.3, 0.4) is 0 Å². The van der Waals surface area contributed by atoms with E-state index >= 15 is 0 Å². The molecule has 0 saturated carbocycles. The Hall–Kier alpha value is -3.43. The van der Waals surface area contributed by atoms with Crippen molar-refractivity contribution in [3.05, 3.63) is 82.5 Å². The van der Waals surface area contributed by atoms with Crippen LogP contribution in [-0.2, 0) is 16.0 Å². The average molecular weight is 547 g/mol. The number of alkyl halides is 3. The highest BCUT2D eigenvalue weighted by Crippen LogP contribution is 2.42. The van der Waals surface area contributed by atoms with Crippen molar-refractivity contribution in [2.75, 3.05) is 6.26 Å². The van der Waals surface area contributed by atoms with Crippen molar-refractivity contribution < 1.29 is 31.5 Å². The minimum absolute atomic E-state index is 0.0908. The van der Waals surface area contributed by atoms with E-state index in [1.807, 2.05) is 13.8 Å². The third kappa shape index (κ3) is 5.06. The molecule has 0 aliphatic rings. The number of benzene rings is 3. The quantitative estimate of drug-likeness (QED) is 0.300. The van der Waals surface area contributed by atoms with Gasteiger partial charge >= 0.3 is 6.18 Å². The van der Waals surface area contributed by atoms with Gasteiger partial charge in [-0.1, -0.05) is 55.8 Å². The first-order chi connectivity index (χ1) is 17.2. The number of sulfone groups is 1. The lowest BCUT2D eigenvalue weighted by atomic mass is 9.88.